The highest BCUT2D eigenvalue weighted by molar-refractivity contribution is 7.98. The van der Waals surface area contributed by atoms with E-state index in [0.717, 1.165) is 22.8 Å². The van der Waals surface area contributed by atoms with Crippen molar-refractivity contribution in [3.63, 3.8) is 0 Å². The molecule has 0 radical (unpaired) electrons. The van der Waals surface area contributed by atoms with E-state index in [1.54, 1.807) is 0 Å². The molecule has 0 atom stereocenters. The molecular formula is C14H11N3O4S. The first-order valence-electron chi connectivity index (χ1n) is 6.56. The molecule has 0 saturated heterocycles. The van der Waals surface area contributed by atoms with Crippen LogP contribution < -0.4 is 9.47 Å². The van der Waals surface area contributed by atoms with E-state index in [4.69, 9.17) is 18.4 Å². The molecule has 112 valence electrons. The van der Waals surface area contributed by atoms with Gasteiger partial charge in [0.2, 0.25) is 12.7 Å². The molecule has 1 aromatic carbocycles. The Kier molecular flexibility index (Phi) is 3.23. The molecule has 1 aliphatic rings. The summed E-state index contributed by atoms with van der Waals surface area (Å²) in [7, 11) is 0. The Balaban J connectivity index is 1.49. The van der Waals surface area contributed by atoms with Gasteiger partial charge in [0.15, 0.2) is 11.5 Å². The highest BCUT2D eigenvalue weighted by atomic mass is 32.2. The molecule has 0 saturated carbocycles. The van der Waals surface area contributed by atoms with Crippen molar-refractivity contribution < 1.29 is 18.4 Å². The van der Waals surface area contributed by atoms with E-state index in [9.17, 15) is 0 Å². The molecule has 0 bridgehead atoms. The topological polar surface area (TPSA) is 83.4 Å². The summed E-state index contributed by atoms with van der Waals surface area (Å²) in [6, 6.07) is 7.38. The maximum absolute atomic E-state index is 5.64. The van der Waals surface area contributed by atoms with Gasteiger partial charge in [-0.15, -0.1) is 10.2 Å². The average Bonchev–Trinajstić information content (AvgIpc) is 3.24. The van der Waals surface area contributed by atoms with Gasteiger partial charge in [0.05, 0.1) is 11.4 Å². The molecule has 7 nitrogen and oxygen atoms in total. The molecule has 0 spiro atoms. The molecule has 0 N–H and O–H groups in total. The van der Waals surface area contributed by atoms with E-state index < -0.39 is 0 Å². The molecule has 2 aromatic heterocycles. The number of rotatable bonds is 4. The molecule has 1 aliphatic heterocycles. The van der Waals surface area contributed by atoms with Crippen molar-refractivity contribution in [1.29, 1.82) is 0 Å². The lowest BCUT2D eigenvalue weighted by Crippen LogP contribution is -1.92. The Morgan fingerprint density at radius 3 is 2.91 bits per heavy atom. The summed E-state index contributed by atoms with van der Waals surface area (Å²) in [6.07, 6.45) is 0. The van der Waals surface area contributed by atoms with E-state index in [-0.39, 0.29) is 6.79 Å². The van der Waals surface area contributed by atoms with Crippen LogP contribution in [-0.4, -0.2) is 22.1 Å². The van der Waals surface area contributed by atoms with Crippen molar-refractivity contribution in [2.24, 2.45) is 0 Å². The van der Waals surface area contributed by atoms with Gasteiger partial charge in [-0.3, -0.25) is 0 Å². The zero-order chi connectivity index (χ0) is 14.9. The van der Waals surface area contributed by atoms with Crippen molar-refractivity contribution in [3.05, 3.63) is 35.7 Å². The quantitative estimate of drug-likeness (QED) is 0.679. The lowest BCUT2D eigenvalue weighted by Gasteiger charge is -1.97. The zero-order valence-electron chi connectivity index (χ0n) is 11.6. The predicted molar refractivity (Wildman–Crippen MR) is 76.7 cm³/mol. The fourth-order valence-corrected chi connectivity index (χ4v) is 2.67. The van der Waals surface area contributed by atoms with Gasteiger partial charge >= 0.3 is 0 Å². The number of nitrogens with zero attached hydrogens (tertiary/aromatic N) is 3. The number of ether oxygens (including phenoxy) is 2. The highest BCUT2D eigenvalue weighted by Gasteiger charge is 2.17. The molecule has 0 amide bonds. The third-order valence-corrected chi connectivity index (χ3v) is 3.88. The van der Waals surface area contributed by atoms with Crippen LogP contribution in [0.1, 0.15) is 11.5 Å². The van der Waals surface area contributed by atoms with Crippen molar-refractivity contribution in [2.75, 3.05) is 6.79 Å². The zero-order valence-corrected chi connectivity index (χ0v) is 12.4. The normalized spacial score (nSPS) is 12.8. The fourth-order valence-electron chi connectivity index (χ4n) is 2.03. The van der Waals surface area contributed by atoms with Crippen LogP contribution in [0.25, 0.3) is 11.5 Å². The average molecular weight is 317 g/mol. The van der Waals surface area contributed by atoms with Crippen LogP contribution in [0.3, 0.4) is 0 Å². The Bertz CT molecular complexity index is 814. The second kappa shape index (κ2) is 5.38. The van der Waals surface area contributed by atoms with E-state index in [0.29, 0.717) is 22.6 Å². The highest BCUT2D eigenvalue weighted by Crippen LogP contribution is 2.36. The Labute approximate surface area is 129 Å². The molecule has 3 heterocycles. The van der Waals surface area contributed by atoms with Gasteiger partial charge in [-0.25, -0.2) is 0 Å². The summed E-state index contributed by atoms with van der Waals surface area (Å²) in [5.74, 6) is 3.20. The van der Waals surface area contributed by atoms with E-state index in [1.807, 2.05) is 31.2 Å². The van der Waals surface area contributed by atoms with Crippen LogP contribution in [0.2, 0.25) is 0 Å². The first-order chi connectivity index (χ1) is 10.8. The Hall–Kier alpha value is -2.48. The van der Waals surface area contributed by atoms with Crippen molar-refractivity contribution in [3.8, 4) is 23.0 Å². The van der Waals surface area contributed by atoms with Gasteiger partial charge in [-0.2, -0.15) is 0 Å². The van der Waals surface area contributed by atoms with Gasteiger partial charge in [-0.05, 0) is 25.1 Å². The Morgan fingerprint density at radius 1 is 1.14 bits per heavy atom. The molecule has 0 fully saturated rings. The smallest absolute Gasteiger partial charge is 0.277 e. The van der Waals surface area contributed by atoms with Crippen LogP contribution in [0, 0.1) is 6.92 Å². The third-order valence-electron chi connectivity index (χ3n) is 3.04. The maximum Gasteiger partial charge on any atom is 0.277 e. The molecular weight excluding hydrogens is 306 g/mol. The number of benzene rings is 1. The predicted octanol–water partition coefficient (Wildman–Crippen LogP) is 3.05. The fraction of sp³-hybridized carbons (Fsp3) is 0.214. The number of aromatic nitrogens is 3. The molecule has 22 heavy (non-hydrogen) atoms. The maximum atomic E-state index is 5.64. The van der Waals surface area contributed by atoms with Crippen LogP contribution >= 0.6 is 11.8 Å². The van der Waals surface area contributed by atoms with Crippen molar-refractivity contribution in [2.45, 2.75) is 17.9 Å². The van der Waals surface area contributed by atoms with Gasteiger partial charge in [0.1, 0.15) is 5.76 Å². The van der Waals surface area contributed by atoms with E-state index in [2.05, 4.69) is 15.4 Å². The molecule has 0 unspecified atom stereocenters. The van der Waals surface area contributed by atoms with Crippen molar-refractivity contribution in [1.82, 2.24) is 15.4 Å². The van der Waals surface area contributed by atoms with Crippen LogP contribution in [-0.2, 0) is 5.75 Å². The van der Waals surface area contributed by atoms with Crippen molar-refractivity contribution >= 4 is 11.8 Å². The third kappa shape index (κ3) is 2.52. The van der Waals surface area contributed by atoms with E-state index in [1.165, 1.54) is 11.8 Å². The SMILES string of the molecule is Cc1cc(CSc2nnc(-c3ccc4c(c3)OCO4)o2)on1. The van der Waals surface area contributed by atoms with E-state index >= 15 is 0 Å². The monoisotopic (exact) mass is 317 g/mol. The number of thioether (sulfide) groups is 1. The summed E-state index contributed by atoms with van der Waals surface area (Å²) < 4.78 is 21.4. The molecule has 0 aliphatic carbocycles. The minimum atomic E-state index is 0.236. The van der Waals surface area contributed by atoms with Gasteiger partial charge in [0.25, 0.3) is 5.22 Å². The van der Waals surface area contributed by atoms with Crippen LogP contribution in [0.15, 0.2) is 38.4 Å². The minimum Gasteiger partial charge on any atom is -0.454 e. The summed E-state index contributed by atoms with van der Waals surface area (Å²) in [4.78, 5) is 0. The van der Waals surface area contributed by atoms with Gasteiger partial charge in [0, 0.05) is 11.6 Å². The van der Waals surface area contributed by atoms with Crippen LogP contribution in [0.4, 0.5) is 0 Å². The first kappa shape index (κ1) is 13.2. The Morgan fingerprint density at radius 2 is 2.05 bits per heavy atom. The molecule has 8 heteroatoms. The summed E-state index contributed by atoms with van der Waals surface area (Å²) in [5, 5.41) is 12.4. The number of hydrogen-bond donors (Lipinski definition) is 0. The second-order valence-electron chi connectivity index (χ2n) is 4.66. The first-order valence-corrected chi connectivity index (χ1v) is 7.55. The lowest BCUT2D eigenvalue weighted by molar-refractivity contribution is 0.174. The number of hydrogen-bond acceptors (Lipinski definition) is 8. The van der Waals surface area contributed by atoms with Gasteiger partial charge in [-0.1, -0.05) is 16.9 Å². The second-order valence-corrected chi connectivity index (χ2v) is 5.59. The summed E-state index contributed by atoms with van der Waals surface area (Å²) >= 11 is 1.40. The largest absolute Gasteiger partial charge is 0.454 e. The lowest BCUT2D eigenvalue weighted by atomic mass is 10.2. The van der Waals surface area contributed by atoms with Crippen LogP contribution in [0.5, 0.6) is 11.5 Å². The number of aryl methyl sites for hydroxylation is 1. The summed E-state index contributed by atoms with van der Waals surface area (Å²) in [6.45, 7) is 2.11. The standard InChI is InChI=1S/C14H11N3O4S/c1-8-4-10(21-17-8)6-22-14-16-15-13(20-14)9-2-3-11-12(5-9)19-7-18-11/h2-5H,6-7H2,1H3. The molecule has 3 aromatic rings. The molecule has 4 rings (SSSR count). The minimum absolute atomic E-state index is 0.236. The van der Waals surface area contributed by atoms with Gasteiger partial charge < -0.3 is 18.4 Å². The summed E-state index contributed by atoms with van der Waals surface area (Å²) in [5.41, 5.74) is 1.64. The number of fused-ring (bicyclic) bond motifs is 1.